The van der Waals surface area contributed by atoms with Crippen LogP contribution in [0.4, 0.5) is 4.79 Å². The van der Waals surface area contributed by atoms with Crippen LogP contribution in [0.1, 0.15) is 25.7 Å². The Kier molecular flexibility index (Phi) is 4.06. The lowest BCUT2D eigenvalue weighted by Crippen LogP contribution is -2.40. The second-order valence-electron chi connectivity index (χ2n) is 5.23. The lowest BCUT2D eigenvalue weighted by atomic mass is 10.0. The number of aliphatic hydroxyl groups excluding tert-OH is 1. The number of nitrogens with one attached hydrogen (secondary N) is 1. The van der Waals surface area contributed by atoms with Gasteiger partial charge in [0.15, 0.2) is 6.10 Å². The van der Waals surface area contributed by atoms with E-state index in [9.17, 15) is 9.59 Å². The van der Waals surface area contributed by atoms with Crippen LogP contribution in [-0.4, -0.2) is 52.9 Å². The minimum atomic E-state index is -1.40. The first-order valence-corrected chi connectivity index (χ1v) is 6.51. The van der Waals surface area contributed by atoms with Crippen LogP contribution in [0.25, 0.3) is 0 Å². The molecule has 2 amide bonds. The number of rotatable bonds is 4. The van der Waals surface area contributed by atoms with Gasteiger partial charge in [0, 0.05) is 26.1 Å². The predicted molar refractivity (Wildman–Crippen MR) is 64.1 cm³/mol. The molecule has 3 unspecified atom stereocenters. The molecule has 2 aliphatic rings. The molecule has 0 bridgehead atoms. The van der Waals surface area contributed by atoms with Crippen LogP contribution < -0.4 is 5.32 Å². The molecule has 0 aromatic rings. The number of hydrogen-bond donors (Lipinski definition) is 3. The van der Waals surface area contributed by atoms with Crippen LogP contribution in [0.15, 0.2) is 0 Å². The summed E-state index contributed by atoms with van der Waals surface area (Å²) in [6.07, 6.45) is 2.35. The molecule has 18 heavy (non-hydrogen) atoms. The Hall–Kier alpha value is -1.30. The van der Waals surface area contributed by atoms with Crippen molar-refractivity contribution >= 4 is 12.0 Å². The van der Waals surface area contributed by atoms with Gasteiger partial charge in [-0.25, -0.2) is 9.59 Å². The molecule has 2 fully saturated rings. The van der Waals surface area contributed by atoms with Crippen molar-refractivity contribution < 1.29 is 19.8 Å². The normalized spacial score (nSPS) is 27.9. The summed E-state index contributed by atoms with van der Waals surface area (Å²) in [5.74, 6) is 0.0562. The second-order valence-corrected chi connectivity index (χ2v) is 5.23. The first-order valence-electron chi connectivity index (χ1n) is 6.51. The fraction of sp³-hybridized carbons (Fsp3) is 0.833. The van der Waals surface area contributed by atoms with Crippen molar-refractivity contribution in [1.82, 2.24) is 10.2 Å². The fourth-order valence-electron chi connectivity index (χ4n) is 2.95. The summed E-state index contributed by atoms with van der Waals surface area (Å²) in [5.41, 5.74) is 0. The molecule has 6 heteroatoms. The highest BCUT2D eigenvalue weighted by molar-refractivity contribution is 5.75. The third-order valence-electron chi connectivity index (χ3n) is 3.99. The highest BCUT2D eigenvalue weighted by Gasteiger charge is 2.37. The number of carbonyl (C=O) groups is 2. The zero-order chi connectivity index (χ0) is 13.1. The molecule has 3 atom stereocenters. The molecule has 3 N–H and O–H groups in total. The largest absolute Gasteiger partial charge is 0.479 e. The molecule has 0 radical (unpaired) electrons. The van der Waals surface area contributed by atoms with E-state index in [1.807, 2.05) is 4.90 Å². The maximum atomic E-state index is 11.8. The van der Waals surface area contributed by atoms with Gasteiger partial charge >= 0.3 is 12.0 Å². The van der Waals surface area contributed by atoms with Crippen LogP contribution in [-0.2, 0) is 4.79 Å². The van der Waals surface area contributed by atoms with Crippen LogP contribution >= 0.6 is 0 Å². The maximum absolute atomic E-state index is 11.8. The smallest absolute Gasteiger partial charge is 0.332 e. The second kappa shape index (κ2) is 5.56. The number of fused-ring (bicyclic) bond motifs is 1. The number of carbonyl (C=O) groups excluding carboxylic acids is 1. The van der Waals surface area contributed by atoms with E-state index in [0.29, 0.717) is 11.8 Å². The molecule has 6 nitrogen and oxygen atoms in total. The lowest BCUT2D eigenvalue weighted by molar-refractivity contribution is -0.146. The first kappa shape index (κ1) is 13.1. The van der Waals surface area contributed by atoms with Gasteiger partial charge in [0.25, 0.3) is 0 Å². The minimum Gasteiger partial charge on any atom is -0.479 e. The van der Waals surface area contributed by atoms with E-state index < -0.39 is 12.1 Å². The number of likely N-dealkylation sites (tertiary alicyclic amines) is 1. The molecule has 1 saturated heterocycles. The number of carboxylic acid groups (broad SMARTS) is 1. The number of amides is 2. The maximum Gasteiger partial charge on any atom is 0.332 e. The molecule has 0 aromatic heterocycles. The van der Waals surface area contributed by atoms with Crippen molar-refractivity contribution in [2.75, 3.05) is 19.6 Å². The molecule has 1 heterocycles. The predicted octanol–water partition coefficient (Wildman–Crippen LogP) is 0.263. The van der Waals surface area contributed by atoms with Crippen molar-refractivity contribution in [3.8, 4) is 0 Å². The molecule has 102 valence electrons. The lowest BCUT2D eigenvalue weighted by Gasteiger charge is -2.18. The number of hydrogen-bond acceptors (Lipinski definition) is 3. The number of carboxylic acids is 1. The molecule has 0 aromatic carbocycles. The Morgan fingerprint density at radius 2 is 1.89 bits per heavy atom. The topological polar surface area (TPSA) is 89.9 Å². The van der Waals surface area contributed by atoms with Gasteiger partial charge in [0.1, 0.15) is 0 Å². The zero-order valence-electron chi connectivity index (χ0n) is 10.3. The molecule has 1 aliphatic heterocycles. The Morgan fingerprint density at radius 1 is 1.28 bits per heavy atom. The number of aliphatic carboxylic acids is 1. The fourth-order valence-corrected chi connectivity index (χ4v) is 2.95. The van der Waals surface area contributed by atoms with E-state index in [2.05, 4.69) is 5.32 Å². The van der Waals surface area contributed by atoms with Crippen molar-refractivity contribution in [2.24, 2.45) is 11.8 Å². The summed E-state index contributed by atoms with van der Waals surface area (Å²) in [4.78, 5) is 24.0. The molecule has 1 aliphatic carbocycles. The van der Waals surface area contributed by atoms with Gasteiger partial charge in [-0.3, -0.25) is 0 Å². The van der Waals surface area contributed by atoms with E-state index in [4.69, 9.17) is 10.2 Å². The third kappa shape index (κ3) is 2.93. The van der Waals surface area contributed by atoms with E-state index in [1.54, 1.807) is 0 Å². The van der Waals surface area contributed by atoms with Crippen LogP contribution in [0.2, 0.25) is 0 Å². The van der Waals surface area contributed by atoms with Gasteiger partial charge in [-0.2, -0.15) is 0 Å². The minimum absolute atomic E-state index is 0.0434. The van der Waals surface area contributed by atoms with Crippen molar-refractivity contribution in [3.05, 3.63) is 0 Å². The highest BCUT2D eigenvalue weighted by atomic mass is 16.4. The average molecular weight is 256 g/mol. The summed E-state index contributed by atoms with van der Waals surface area (Å²) >= 11 is 0. The molecule has 0 spiro atoms. The van der Waals surface area contributed by atoms with Crippen LogP contribution in [0, 0.1) is 11.8 Å². The highest BCUT2D eigenvalue weighted by Crippen LogP contribution is 2.37. The molecular formula is C12H20N2O4. The van der Waals surface area contributed by atoms with Crippen molar-refractivity contribution in [1.29, 1.82) is 0 Å². The monoisotopic (exact) mass is 256 g/mol. The SMILES string of the molecule is O=C(O)C(O)CCNC(=O)N1CC2CCCC2C1. The van der Waals surface area contributed by atoms with Gasteiger partial charge < -0.3 is 20.4 Å². The van der Waals surface area contributed by atoms with Gasteiger partial charge in [-0.15, -0.1) is 0 Å². The Balaban J connectivity index is 1.68. The van der Waals surface area contributed by atoms with Gasteiger partial charge in [-0.05, 0) is 24.7 Å². The number of aliphatic hydroxyl groups is 1. The Morgan fingerprint density at radius 3 is 2.44 bits per heavy atom. The first-order chi connectivity index (χ1) is 8.58. The summed E-state index contributed by atoms with van der Waals surface area (Å²) in [6, 6.07) is -0.137. The summed E-state index contributed by atoms with van der Waals surface area (Å²) < 4.78 is 0. The van der Waals surface area contributed by atoms with E-state index in [1.165, 1.54) is 19.3 Å². The van der Waals surface area contributed by atoms with Crippen LogP contribution in [0.5, 0.6) is 0 Å². The zero-order valence-corrected chi connectivity index (χ0v) is 10.3. The van der Waals surface area contributed by atoms with E-state index >= 15 is 0 Å². The third-order valence-corrected chi connectivity index (χ3v) is 3.99. The Labute approximate surface area is 106 Å². The van der Waals surface area contributed by atoms with Crippen molar-refractivity contribution in [2.45, 2.75) is 31.8 Å². The Bertz CT molecular complexity index is 322. The summed E-state index contributed by atoms with van der Waals surface area (Å²) in [7, 11) is 0. The average Bonchev–Trinajstić information content (AvgIpc) is 2.88. The van der Waals surface area contributed by atoms with Gasteiger partial charge in [0.2, 0.25) is 0 Å². The van der Waals surface area contributed by atoms with Gasteiger partial charge in [0.05, 0.1) is 0 Å². The summed E-state index contributed by atoms with van der Waals surface area (Å²) in [6.45, 7) is 1.83. The van der Waals surface area contributed by atoms with Crippen LogP contribution in [0.3, 0.4) is 0 Å². The quantitative estimate of drug-likeness (QED) is 0.673. The number of urea groups is 1. The summed E-state index contributed by atoms with van der Waals surface area (Å²) in [5, 5.41) is 20.2. The van der Waals surface area contributed by atoms with E-state index in [0.717, 1.165) is 13.1 Å². The van der Waals surface area contributed by atoms with Gasteiger partial charge in [-0.1, -0.05) is 6.42 Å². The molecular weight excluding hydrogens is 236 g/mol. The standard InChI is InChI=1S/C12H20N2O4/c15-10(11(16)17)4-5-13-12(18)14-6-8-2-1-3-9(8)7-14/h8-10,15H,1-7H2,(H,13,18)(H,16,17). The molecule has 1 saturated carbocycles. The van der Waals surface area contributed by atoms with Crippen molar-refractivity contribution in [3.63, 3.8) is 0 Å². The molecule has 2 rings (SSSR count). The van der Waals surface area contributed by atoms with E-state index in [-0.39, 0.29) is 19.0 Å². The number of nitrogens with zero attached hydrogens (tertiary/aromatic N) is 1.